The van der Waals surface area contributed by atoms with Gasteiger partial charge in [0.2, 0.25) is 0 Å². The van der Waals surface area contributed by atoms with Crippen LogP contribution >= 0.6 is 0 Å². The lowest BCUT2D eigenvalue weighted by Gasteiger charge is -2.38. The molecule has 1 fully saturated rings. The first kappa shape index (κ1) is 29.0. The lowest BCUT2D eigenvalue weighted by atomic mass is 10.0. The van der Waals surface area contributed by atoms with Crippen LogP contribution in [-0.4, -0.2) is 77.2 Å². The Bertz CT molecular complexity index is 1540. The number of carbonyl (C=O) groups excluding carboxylic acids is 2. The first-order chi connectivity index (χ1) is 20.4. The summed E-state index contributed by atoms with van der Waals surface area (Å²) in [6, 6.07) is 27.2. The molecule has 0 spiro atoms. The summed E-state index contributed by atoms with van der Waals surface area (Å²) in [4.78, 5) is 33.5. The van der Waals surface area contributed by atoms with E-state index in [9.17, 15) is 9.59 Å². The van der Waals surface area contributed by atoms with Gasteiger partial charge in [-0.2, -0.15) is 0 Å². The Labute approximate surface area is 247 Å². The van der Waals surface area contributed by atoms with Crippen LogP contribution in [0.25, 0.3) is 10.8 Å². The average molecular weight is 566 g/mol. The van der Waals surface area contributed by atoms with Gasteiger partial charge in [0.1, 0.15) is 5.75 Å². The van der Waals surface area contributed by atoms with Gasteiger partial charge in [-0.3, -0.25) is 9.59 Å². The van der Waals surface area contributed by atoms with Crippen molar-refractivity contribution in [3.05, 3.63) is 96.1 Å². The van der Waals surface area contributed by atoms with Gasteiger partial charge >= 0.3 is 0 Å². The van der Waals surface area contributed by atoms with Gasteiger partial charge in [-0.05, 0) is 74.2 Å². The molecule has 1 heterocycles. The van der Waals surface area contributed by atoms with Gasteiger partial charge < -0.3 is 30.1 Å². The Morgan fingerprint density at radius 1 is 0.786 bits per heavy atom. The first-order valence-electron chi connectivity index (χ1n) is 14.4. The third-order valence-corrected chi connectivity index (χ3v) is 7.65. The summed E-state index contributed by atoms with van der Waals surface area (Å²) in [7, 11) is 5.73. The molecule has 2 N–H and O–H groups in total. The second kappa shape index (κ2) is 13.4. The van der Waals surface area contributed by atoms with E-state index in [0.717, 1.165) is 67.0 Å². The largest absolute Gasteiger partial charge is 0.495 e. The number of benzene rings is 4. The Hall–Kier alpha value is -4.56. The SMILES string of the molecule is COc1ccccc1N1CCN(c2ccc(NC(=O)c3cccc4ccccc34)cc2C(=O)NCCCN(C)C)CC1. The van der Waals surface area contributed by atoms with Crippen LogP contribution in [0.15, 0.2) is 84.9 Å². The molecular weight excluding hydrogens is 526 g/mol. The molecular formula is C34H39N5O3. The number of carbonyl (C=O) groups is 2. The van der Waals surface area contributed by atoms with Crippen molar-refractivity contribution >= 4 is 39.6 Å². The highest BCUT2D eigenvalue weighted by Gasteiger charge is 2.24. The molecule has 1 aliphatic rings. The van der Waals surface area contributed by atoms with Crippen molar-refractivity contribution in [3.8, 4) is 5.75 Å². The fraction of sp³-hybridized carbons (Fsp3) is 0.294. The predicted octanol–water partition coefficient (Wildman–Crippen LogP) is 5.11. The van der Waals surface area contributed by atoms with Crippen molar-refractivity contribution in [2.75, 3.05) is 75.6 Å². The zero-order valence-corrected chi connectivity index (χ0v) is 24.6. The molecule has 8 nitrogen and oxygen atoms in total. The van der Waals surface area contributed by atoms with Crippen molar-refractivity contribution < 1.29 is 14.3 Å². The van der Waals surface area contributed by atoms with Crippen LogP contribution in [0.2, 0.25) is 0 Å². The average Bonchev–Trinajstić information content (AvgIpc) is 3.02. The molecule has 42 heavy (non-hydrogen) atoms. The second-order valence-electron chi connectivity index (χ2n) is 10.8. The summed E-state index contributed by atoms with van der Waals surface area (Å²) >= 11 is 0. The van der Waals surface area contributed by atoms with E-state index in [-0.39, 0.29) is 11.8 Å². The fourth-order valence-corrected chi connectivity index (χ4v) is 5.46. The van der Waals surface area contributed by atoms with E-state index < -0.39 is 0 Å². The van der Waals surface area contributed by atoms with E-state index >= 15 is 0 Å². The third kappa shape index (κ3) is 6.66. The number of hydrogen-bond acceptors (Lipinski definition) is 6. The van der Waals surface area contributed by atoms with E-state index in [4.69, 9.17) is 4.74 Å². The number of nitrogens with one attached hydrogen (secondary N) is 2. The molecule has 1 aliphatic heterocycles. The molecule has 218 valence electrons. The van der Waals surface area contributed by atoms with Gasteiger partial charge in [0, 0.05) is 49.7 Å². The molecule has 0 aromatic heterocycles. The maximum absolute atomic E-state index is 13.5. The molecule has 4 aromatic rings. The monoisotopic (exact) mass is 565 g/mol. The van der Waals surface area contributed by atoms with Crippen LogP contribution in [0, 0.1) is 0 Å². The molecule has 0 bridgehead atoms. The molecule has 8 heteroatoms. The smallest absolute Gasteiger partial charge is 0.256 e. The lowest BCUT2D eigenvalue weighted by molar-refractivity contribution is 0.0951. The highest BCUT2D eigenvalue weighted by Crippen LogP contribution is 2.31. The maximum atomic E-state index is 13.5. The Balaban J connectivity index is 1.36. The fourth-order valence-electron chi connectivity index (χ4n) is 5.46. The number of nitrogens with zero attached hydrogens (tertiary/aromatic N) is 3. The molecule has 5 rings (SSSR count). The van der Waals surface area contributed by atoms with E-state index in [2.05, 4.69) is 31.4 Å². The zero-order valence-electron chi connectivity index (χ0n) is 24.6. The van der Waals surface area contributed by atoms with Crippen LogP contribution in [0.3, 0.4) is 0 Å². The number of ether oxygens (including phenoxy) is 1. The van der Waals surface area contributed by atoms with Gasteiger partial charge in [-0.15, -0.1) is 0 Å². The van der Waals surface area contributed by atoms with Gasteiger partial charge in [-0.25, -0.2) is 0 Å². The minimum absolute atomic E-state index is 0.142. The number of piperazine rings is 1. The number of anilines is 3. The number of amides is 2. The highest BCUT2D eigenvalue weighted by molar-refractivity contribution is 6.13. The minimum Gasteiger partial charge on any atom is -0.495 e. The van der Waals surface area contributed by atoms with Crippen molar-refractivity contribution in [2.24, 2.45) is 0 Å². The standard InChI is InChI=1S/C34H39N5O3/c1-37(2)19-9-18-35-33(40)29-24-26(36-34(41)28-13-8-11-25-10-4-5-12-27(25)28)16-17-30(29)38-20-22-39(23-21-38)31-14-6-7-15-32(31)42-3/h4-8,10-17,24H,9,18-23H2,1-3H3,(H,35,40)(H,36,41). The third-order valence-electron chi connectivity index (χ3n) is 7.65. The summed E-state index contributed by atoms with van der Waals surface area (Å²) < 4.78 is 5.58. The quantitative estimate of drug-likeness (QED) is 0.260. The van der Waals surface area contributed by atoms with E-state index in [1.165, 1.54) is 0 Å². The van der Waals surface area contributed by atoms with Crippen LogP contribution in [0.5, 0.6) is 5.75 Å². The maximum Gasteiger partial charge on any atom is 0.256 e. The second-order valence-corrected chi connectivity index (χ2v) is 10.8. The van der Waals surface area contributed by atoms with Crippen molar-refractivity contribution in [3.63, 3.8) is 0 Å². The van der Waals surface area contributed by atoms with Crippen molar-refractivity contribution in [2.45, 2.75) is 6.42 Å². The molecule has 2 amide bonds. The summed E-state index contributed by atoms with van der Waals surface area (Å²) in [6.45, 7) is 4.55. The topological polar surface area (TPSA) is 77.1 Å². The molecule has 4 aromatic carbocycles. The molecule has 0 saturated carbocycles. The van der Waals surface area contributed by atoms with E-state index in [1.807, 2.05) is 86.9 Å². The predicted molar refractivity (Wildman–Crippen MR) is 171 cm³/mol. The minimum atomic E-state index is -0.206. The number of methoxy groups -OCH3 is 1. The summed E-state index contributed by atoms with van der Waals surface area (Å²) in [5.74, 6) is 0.509. The zero-order chi connectivity index (χ0) is 29.5. The Kier molecular flexibility index (Phi) is 9.24. The number of para-hydroxylation sites is 2. The Morgan fingerprint density at radius 2 is 1.48 bits per heavy atom. The highest BCUT2D eigenvalue weighted by atomic mass is 16.5. The number of hydrogen-bond donors (Lipinski definition) is 2. The summed E-state index contributed by atoms with van der Waals surface area (Å²) in [6.07, 6.45) is 0.850. The normalized spacial score (nSPS) is 13.3. The van der Waals surface area contributed by atoms with Gasteiger partial charge in [0.05, 0.1) is 18.4 Å². The van der Waals surface area contributed by atoms with Crippen molar-refractivity contribution in [1.29, 1.82) is 0 Å². The molecule has 0 unspecified atom stereocenters. The molecule has 0 atom stereocenters. The molecule has 1 saturated heterocycles. The van der Waals surface area contributed by atoms with E-state index in [1.54, 1.807) is 13.2 Å². The number of fused-ring (bicyclic) bond motifs is 1. The van der Waals surface area contributed by atoms with Gasteiger partial charge in [0.25, 0.3) is 11.8 Å². The Morgan fingerprint density at radius 3 is 2.24 bits per heavy atom. The van der Waals surface area contributed by atoms with Crippen molar-refractivity contribution in [1.82, 2.24) is 10.2 Å². The lowest BCUT2D eigenvalue weighted by Crippen LogP contribution is -2.47. The number of rotatable bonds is 10. The van der Waals surface area contributed by atoms with E-state index in [0.29, 0.717) is 23.4 Å². The first-order valence-corrected chi connectivity index (χ1v) is 14.4. The van der Waals surface area contributed by atoms with Crippen LogP contribution in [0.4, 0.5) is 17.1 Å². The van der Waals surface area contributed by atoms with Gasteiger partial charge in [-0.1, -0.05) is 48.5 Å². The summed E-state index contributed by atoms with van der Waals surface area (Å²) in [5, 5.41) is 8.02. The molecule has 0 radical (unpaired) electrons. The summed E-state index contributed by atoms with van der Waals surface area (Å²) in [5.41, 5.74) is 3.68. The van der Waals surface area contributed by atoms with Crippen LogP contribution in [-0.2, 0) is 0 Å². The van der Waals surface area contributed by atoms with Crippen LogP contribution < -0.4 is 25.2 Å². The van der Waals surface area contributed by atoms with Crippen LogP contribution in [0.1, 0.15) is 27.1 Å². The molecule has 0 aliphatic carbocycles. The van der Waals surface area contributed by atoms with Gasteiger partial charge in [0.15, 0.2) is 0 Å².